The van der Waals surface area contributed by atoms with Crippen LogP contribution in [0, 0.1) is 0 Å². The van der Waals surface area contributed by atoms with Crippen LogP contribution >= 0.6 is 11.3 Å². The zero-order valence-corrected chi connectivity index (χ0v) is 16.8. The number of aryl methyl sites for hydroxylation is 1. The molecule has 0 spiro atoms. The van der Waals surface area contributed by atoms with Gasteiger partial charge in [0.15, 0.2) is 0 Å². The maximum absolute atomic E-state index is 12.5. The molecule has 1 unspecified atom stereocenters. The first-order chi connectivity index (χ1) is 13.0. The fourth-order valence-electron chi connectivity index (χ4n) is 3.92. The number of amides is 1. The molecule has 4 N–H and O–H groups in total. The Morgan fingerprint density at radius 2 is 2.26 bits per heavy atom. The first kappa shape index (κ1) is 19.4. The molecule has 1 saturated heterocycles. The van der Waals surface area contributed by atoms with Gasteiger partial charge in [0, 0.05) is 38.7 Å². The SMILES string of the molecule is CCOC(=O)c1c(N)sc(C(=O)NC)c1C[NH+]1CCC[C@H]1c1cccn1C. The topological polar surface area (TPSA) is 90.8 Å². The quantitative estimate of drug-likeness (QED) is 0.644. The number of nitrogen functional groups attached to an aromatic ring is 1. The van der Waals surface area contributed by atoms with Crippen molar-refractivity contribution in [2.75, 3.05) is 25.9 Å². The molecule has 27 heavy (non-hydrogen) atoms. The van der Waals surface area contributed by atoms with Crippen molar-refractivity contribution < 1.29 is 19.2 Å². The third-order valence-corrected chi connectivity index (χ3v) is 6.24. The van der Waals surface area contributed by atoms with Gasteiger partial charge in [-0.3, -0.25) is 4.79 Å². The maximum atomic E-state index is 12.5. The van der Waals surface area contributed by atoms with Crippen LogP contribution in [0.15, 0.2) is 18.3 Å². The van der Waals surface area contributed by atoms with Crippen LogP contribution in [0.2, 0.25) is 0 Å². The number of carbonyl (C=O) groups is 2. The second-order valence-electron chi connectivity index (χ2n) is 6.77. The minimum Gasteiger partial charge on any atom is -0.462 e. The van der Waals surface area contributed by atoms with E-state index in [0.29, 0.717) is 33.6 Å². The van der Waals surface area contributed by atoms with Crippen molar-refractivity contribution in [1.29, 1.82) is 0 Å². The van der Waals surface area contributed by atoms with Crippen LogP contribution in [0.4, 0.5) is 5.00 Å². The molecule has 0 aromatic carbocycles. The first-order valence-electron chi connectivity index (χ1n) is 9.24. The molecule has 146 valence electrons. The summed E-state index contributed by atoms with van der Waals surface area (Å²) in [6.07, 6.45) is 4.24. The van der Waals surface area contributed by atoms with E-state index < -0.39 is 5.97 Å². The molecule has 0 aliphatic carbocycles. The van der Waals surface area contributed by atoms with Crippen LogP contribution in [-0.2, 0) is 18.3 Å². The molecule has 2 atom stereocenters. The van der Waals surface area contributed by atoms with Crippen LogP contribution in [0.5, 0.6) is 0 Å². The largest absolute Gasteiger partial charge is 0.462 e. The third kappa shape index (κ3) is 3.72. The third-order valence-electron chi connectivity index (χ3n) is 5.18. The second kappa shape index (κ2) is 8.14. The number of esters is 1. The Morgan fingerprint density at radius 1 is 1.48 bits per heavy atom. The van der Waals surface area contributed by atoms with Gasteiger partial charge in [0.25, 0.3) is 5.91 Å². The van der Waals surface area contributed by atoms with Gasteiger partial charge in [-0.05, 0) is 19.1 Å². The number of ether oxygens (including phenoxy) is 1. The van der Waals surface area contributed by atoms with Crippen LogP contribution < -0.4 is 16.0 Å². The average Bonchev–Trinajstić information content (AvgIpc) is 3.34. The Labute approximate surface area is 163 Å². The molecule has 1 aliphatic rings. The van der Waals surface area contributed by atoms with Crippen molar-refractivity contribution in [2.24, 2.45) is 7.05 Å². The van der Waals surface area contributed by atoms with Gasteiger partial charge >= 0.3 is 5.97 Å². The van der Waals surface area contributed by atoms with E-state index in [1.807, 2.05) is 19.3 Å². The molecular weight excluding hydrogens is 364 g/mol. The molecule has 8 heteroatoms. The zero-order valence-electron chi connectivity index (χ0n) is 16.0. The number of nitrogens with zero attached hydrogens (tertiary/aromatic N) is 1. The number of quaternary nitrogens is 1. The van der Waals surface area contributed by atoms with Crippen molar-refractivity contribution in [3.05, 3.63) is 40.0 Å². The van der Waals surface area contributed by atoms with Crippen molar-refractivity contribution in [3.8, 4) is 0 Å². The van der Waals surface area contributed by atoms with Gasteiger partial charge in [-0.15, -0.1) is 11.3 Å². The molecule has 1 fully saturated rings. The Bertz CT molecular complexity index is 842. The summed E-state index contributed by atoms with van der Waals surface area (Å²) in [4.78, 5) is 26.7. The van der Waals surface area contributed by atoms with E-state index in [4.69, 9.17) is 10.5 Å². The van der Waals surface area contributed by atoms with Crippen LogP contribution in [-0.4, -0.2) is 36.6 Å². The maximum Gasteiger partial charge on any atom is 0.341 e. The normalized spacial score (nSPS) is 19.2. The summed E-state index contributed by atoms with van der Waals surface area (Å²) in [6.45, 7) is 3.59. The Morgan fingerprint density at radius 3 is 2.89 bits per heavy atom. The van der Waals surface area contributed by atoms with Gasteiger partial charge in [0.1, 0.15) is 28.0 Å². The monoisotopic (exact) mass is 391 g/mol. The molecular formula is C19H27N4O3S+. The number of nitrogens with one attached hydrogen (secondary N) is 2. The molecule has 0 bridgehead atoms. The number of nitrogens with two attached hydrogens (primary N) is 1. The smallest absolute Gasteiger partial charge is 0.341 e. The first-order valence-corrected chi connectivity index (χ1v) is 10.1. The number of carbonyl (C=O) groups excluding carboxylic acids is 2. The fourth-order valence-corrected chi connectivity index (χ4v) is 4.94. The average molecular weight is 392 g/mol. The van der Waals surface area contributed by atoms with Gasteiger partial charge < -0.3 is 25.3 Å². The van der Waals surface area contributed by atoms with E-state index >= 15 is 0 Å². The second-order valence-corrected chi connectivity index (χ2v) is 7.82. The molecule has 0 radical (unpaired) electrons. The number of hydrogen-bond acceptors (Lipinski definition) is 5. The number of aromatic nitrogens is 1. The lowest BCUT2D eigenvalue weighted by atomic mass is 10.1. The zero-order chi connectivity index (χ0) is 19.6. The van der Waals surface area contributed by atoms with Crippen molar-refractivity contribution in [2.45, 2.75) is 32.4 Å². The molecule has 3 rings (SSSR count). The summed E-state index contributed by atoms with van der Waals surface area (Å²) < 4.78 is 7.34. The van der Waals surface area contributed by atoms with Gasteiger partial charge in [-0.25, -0.2) is 4.79 Å². The lowest BCUT2D eigenvalue weighted by molar-refractivity contribution is -0.932. The lowest BCUT2D eigenvalue weighted by Gasteiger charge is -2.23. The number of likely N-dealkylation sites (tertiary alicyclic amines) is 1. The summed E-state index contributed by atoms with van der Waals surface area (Å²) in [6, 6.07) is 4.52. The van der Waals surface area contributed by atoms with E-state index in [-0.39, 0.29) is 12.5 Å². The van der Waals surface area contributed by atoms with E-state index in [1.54, 1.807) is 14.0 Å². The lowest BCUT2D eigenvalue weighted by Crippen LogP contribution is -3.09. The Balaban J connectivity index is 1.98. The highest BCUT2D eigenvalue weighted by Crippen LogP contribution is 2.32. The fraction of sp³-hybridized carbons (Fsp3) is 0.474. The van der Waals surface area contributed by atoms with Crippen LogP contribution in [0.1, 0.15) is 57.1 Å². The van der Waals surface area contributed by atoms with Crippen molar-refractivity contribution in [1.82, 2.24) is 9.88 Å². The minimum atomic E-state index is -0.453. The minimum absolute atomic E-state index is 0.216. The number of hydrogen-bond donors (Lipinski definition) is 3. The highest BCUT2D eigenvalue weighted by molar-refractivity contribution is 7.18. The Kier molecular flexibility index (Phi) is 5.86. The van der Waals surface area contributed by atoms with Gasteiger partial charge in [-0.1, -0.05) is 0 Å². The van der Waals surface area contributed by atoms with Gasteiger partial charge in [0.2, 0.25) is 0 Å². The van der Waals surface area contributed by atoms with Crippen molar-refractivity contribution in [3.63, 3.8) is 0 Å². The van der Waals surface area contributed by atoms with Crippen LogP contribution in [0.25, 0.3) is 0 Å². The number of thiophene rings is 1. The summed E-state index contributed by atoms with van der Waals surface area (Å²) >= 11 is 1.16. The summed E-state index contributed by atoms with van der Waals surface area (Å²) in [5, 5.41) is 3.00. The van der Waals surface area contributed by atoms with Crippen molar-refractivity contribution >= 4 is 28.2 Å². The van der Waals surface area contributed by atoms with Crippen LogP contribution in [0.3, 0.4) is 0 Å². The molecule has 1 aliphatic heterocycles. The summed E-state index contributed by atoms with van der Waals surface area (Å²) in [5.41, 5.74) is 8.44. The number of rotatable bonds is 6. The highest BCUT2D eigenvalue weighted by Gasteiger charge is 2.35. The van der Waals surface area contributed by atoms with E-state index in [0.717, 1.165) is 30.7 Å². The molecule has 2 aromatic heterocycles. The molecule has 3 heterocycles. The van der Waals surface area contributed by atoms with Gasteiger partial charge in [0.05, 0.1) is 18.8 Å². The van der Waals surface area contributed by atoms with E-state index in [1.165, 1.54) is 10.6 Å². The summed E-state index contributed by atoms with van der Waals surface area (Å²) in [7, 11) is 3.63. The summed E-state index contributed by atoms with van der Waals surface area (Å²) in [5.74, 6) is -0.670. The Hall–Kier alpha value is -2.32. The molecule has 2 aromatic rings. The number of anilines is 1. The van der Waals surface area contributed by atoms with Gasteiger partial charge in [-0.2, -0.15) is 0 Å². The van der Waals surface area contributed by atoms with E-state index in [2.05, 4.69) is 16.0 Å². The predicted molar refractivity (Wildman–Crippen MR) is 105 cm³/mol. The standard InChI is InChI=1S/C19H26N4O3S/c1-4-26-19(25)15-12(16(18(24)21-2)27-17(15)20)11-23-10-6-8-14(23)13-7-5-9-22(13)3/h5,7,9,14H,4,6,8,10-11,20H2,1-3H3,(H,21,24)/p+1/t14-/m0/s1. The molecule has 7 nitrogen and oxygen atoms in total. The van der Waals surface area contributed by atoms with E-state index in [9.17, 15) is 9.59 Å². The molecule has 1 amide bonds. The predicted octanol–water partition coefficient (Wildman–Crippen LogP) is 1.13. The molecule has 0 saturated carbocycles. The highest BCUT2D eigenvalue weighted by atomic mass is 32.1.